The number of halogens is 3. The van der Waals surface area contributed by atoms with Crippen molar-refractivity contribution in [3.05, 3.63) is 0 Å². The number of rotatable bonds is 3. The summed E-state index contributed by atoms with van der Waals surface area (Å²) in [7, 11) is -4.51. The van der Waals surface area contributed by atoms with Crippen LogP contribution in [0.4, 0.5) is 8.78 Å². The lowest BCUT2D eigenvalue weighted by Crippen LogP contribution is -2.56. The first-order valence-corrected chi connectivity index (χ1v) is 7.32. The predicted molar refractivity (Wildman–Crippen MR) is 59.2 cm³/mol. The van der Waals surface area contributed by atoms with Gasteiger partial charge in [-0.1, -0.05) is 15.9 Å². The van der Waals surface area contributed by atoms with Crippen LogP contribution in [0.15, 0.2) is 0 Å². The first-order valence-electron chi connectivity index (χ1n) is 4.70. The van der Waals surface area contributed by atoms with Gasteiger partial charge in [-0.05, 0) is 13.8 Å². The van der Waals surface area contributed by atoms with Crippen LogP contribution in [0.5, 0.6) is 0 Å². The Hall–Kier alpha value is 0.210. The average molecular weight is 322 g/mol. The van der Waals surface area contributed by atoms with E-state index in [1.807, 2.05) is 0 Å². The van der Waals surface area contributed by atoms with Gasteiger partial charge in [0, 0.05) is 18.4 Å². The molecule has 0 aromatic carbocycles. The van der Waals surface area contributed by atoms with Crippen molar-refractivity contribution in [2.45, 2.75) is 31.3 Å². The molecule has 1 heterocycles. The zero-order valence-electron chi connectivity index (χ0n) is 8.99. The third-order valence-electron chi connectivity index (χ3n) is 2.21. The van der Waals surface area contributed by atoms with E-state index >= 15 is 0 Å². The molecule has 4 nitrogen and oxygen atoms in total. The molecule has 0 aliphatic carbocycles. The molecule has 0 radical (unpaired) electrons. The van der Waals surface area contributed by atoms with Gasteiger partial charge in [-0.2, -0.15) is 13.1 Å². The summed E-state index contributed by atoms with van der Waals surface area (Å²) < 4.78 is 53.8. The Morgan fingerprint density at radius 3 is 2.56 bits per heavy atom. The van der Waals surface area contributed by atoms with Crippen molar-refractivity contribution in [2.24, 2.45) is 0 Å². The highest BCUT2D eigenvalue weighted by Gasteiger charge is 2.41. The predicted octanol–water partition coefficient (Wildman–Crippen LogP) is 1.41. The summed E-state index contributed by atoms with van der Waals surface area (Å²) >= 11 is 3.16. The molecule has 1 fully saturated rings. The second-order valence-corrected chi connectivity index (χ2v) is 6.80. The maximum Gasteiger partial charge on any atom is 0.350 e. The molecule has 1 rings (SSSR count). The molecular formula is C8H14BrF2NO3S. The summed E-state index contributed by atoms with van der Waals surface area (Å²) in [5.74, 6) is -3.38. The first-order chi connectivity index (χ1) is 7.19. The first kappa shape index (κ1) is 14.3. The van der Waals surface area contributed by atoms with E-state index in [1.165, 1.54) is 0 Å². The van der Waals surface area contributed by atoms with Gasteiger partial charge in [0.05, 0.1) is 11.7 Å². The Kier molecular flexibility index (Phi) is 4.31. The SMILES string of the molecule is CC1(C)CN(S(=O)(=O)C(F)F)CC(CBr)O1. The Morgan fingerprint density at radius 1 is 1.56 bits per heavy atom. The summed E-state index contributed by atoms with van der Waals surface area (Å²) in [6, 6.07) is 0. The average Bonchev–Trinajstić information content (AvgIpc) is 2.14. The number of hydrogen-bond acceptors (Lipinski definition) is 3. The van der Waals surface area contributed by atoms with Crippen molar-refractivity contribution >= 4 is 26.0 Å². The summed E-state index contributed by atoms with van der Waals surface area (Å²) in [5, 5.41) is 0.408. The highest BCUT2D eigenvalue weighted by molar-refractivity contribution is 9.09. The maximum atomic E-state index is 12.4. The Labute approximate surface area is 102 Å². The second-order valence-electron chi connectivity index (χ2n) is 4.25. The Bertz CT molecular complexity index is 347. The lowest BCUT2D eigenvalue weighted by molar-refractivity contribution is -0.107. The van der Waals surface area contributed by atoms with Crippen molar-refractivity contribution in [3.8, 4) is 0 Å². The normalized spacial score (nSPS) is 27.2. The zero-order valence-corrected chi connectivity index (χ0v) is 11.4. The van der Waals surface area contributed by atoms with Crippen molar-refractivity contribution in [3.63, 3.8) is 0 Å². The van der Waals surface area contributed by atoms with Crippen LogP contribution in [-0.2, 0) is 14.8 Å². The topological polar surface area (TPSA) is 46.6 Å². The number of hydrogen-bond donors (Lipinski definition) is 0. The monoisotopic (exact) mass is 321 g/mol. The van der Waals surface area contributed by atoms with E-state index < -0.39 is 27.5 Å². The van der Waals surface area contributed by atoms with Crippen LogP contribution in [0, 0.1) is 0 Å². The van der Waals surface area contributed by atoms with E-state index in [2.05, 4.69) is 15.9 Å². The molecule has 16 heavy (non-hydrogen) atoms. The van der Waals surface area contributed by atoms with Gasteiger partial charge in [-0.25, -0.2) is 8.42 Å². The molecule has 0 N–H and O–H groups in total. The highest BCUT2D eigenvalue weighted by Crippen LogP contribution is 2.26. The standard InChI is InChI=1S/C8H14BrF2NO3S/c1-8(2)5-12(4-6(3-9)15-8)16(13,14)7(10)11/h6-7H,3-5H2,1-2H3. The Balaban J connectivity index is 2.90. The minimum atomic E-state index is -4.51. The van der Waals surface area contributed by atoms with Crippen molar-refractivity contribution in [1.82, 2.24) is 4.31 Å². The molecule has 8 heteroatoms. The number of nitrogens with zero attached hydrogens (tertiary/aromatic N) is 1. The smallest absolute Gasteiger partial charge is 0.350 e. The Morgan fingerprint density at radius 2 is 2.12 bits per heavy atom. The minimum absolute atomic E-state index is 0.0403. The van der Waals surface area contributed by atoms with E-state index in [0.717, 1.165) is 4.31 Å². The van der Waals surface area contributed by atoms with Crippen LogP contribution in [0.1, 0.15) is 13.8 Å². The third kappa shape index (κ3) is 3.12. The quantitative estimate of drug-likeness (QED) is 0.738. The zero-order chi connectivity index (χ0) is 12.6. The van der Waals surface area contributed by atoms with E-state index in [0.29, 0.717) is 5.33 Å². The van der Waals surface area contributed by atoms with E-state index in [1.54, 1.807) is 13.8 Å². The van der Waals surface area contributed by atoms with Gasteiger partial charge in [0.1, 0.15) is 0 Å². The van der Waals surface area contributed by atoms with Crippen LogP contribution >= 0.6 is 15.9 Å². The summed E-state index contributed by atoms with van der Waals surface area (Å²) in [4.78, 5) is 0. The molecule has 1 aliphatic rings. The molecular weight excluding hydrogens is 308 g/mol. The molecule has 0 amide bonds. The molecule has 0 saturated carbocycles. The molecule has 0 spiro atoms. The van der Waals surface area contributed by atoms with Crippen LogP contribution < -0.4 is 0 Å². The molecule has 1 unspecified atom stereocenters. The number of ether oxygens (including phenoxy) is 1. The van der Waals surface area contributed by atoms with Crippen molar-refractivity contribution in [2.75, 3.05) is 18.4 Å². The lowest BCUT2D eigenvalue weighted by atomic mass is 10.1. The molecule has 0 bridgehead atoms. The number of morpholine rings is 1. The van der Waals surface area contributed by atoms with Gasteiger partial charge < -0.3 is 4.74 Å². The number of alkyl halides is 3. The van der Waals surface area contributed by atoms with Crippen molar-refractivity contribution in [1.29, 1.82) is 0 Å². The summed E-state index contributed by atoms with van der Waals surface area (Å²) in [6.07, 6.45) is -0.405. The minimum Gasteiger partial charge on any atom is -0.369 e. The van der Waals surface area contributed by atoms with E-state index in [4.69, 9.17) is 4.74 Å². The second kappa shape index (κ2) is 4.83. The van der Waals surface area contributed by atoms with Crippen LogP contribution in [0.3, 0.4) is 0 Å². The summed E-state index contributed by atoms with van der Waals surface area (Å²) in [6.45, 7) is 3.26. The van der Waals surface area contributed by atoms with Gasteiger partial charge in [-0.15, -0.1) is 0 Å². The van der Waals surface area contributed by atoms with Gasteiger partial charge in [-0.3, -0.25) is 0 Å². The largest absolute Gasteiger partial charge is 0.369 e. The molecule has 1 saturated heterocycles. The molecule has 1 atom stereocenters. The van der Waals surface area contributed by atoms with E-state index in [9.17, 15) is 17.2 Å². The highest BCUT2D eigenvalue weighted by atomic mass is 79.9. The molecule has 96 valence electrons. The maximum absolute atomic E-state index is 12.4. The van der Waals surface area contributed by atoms with Gasteiger partial charge in [0.15, 0.2) is 0 Å². The summed E-state index contributed by atoms with van der Waals surface area (Å²) in [5.41, 5.74) is -0.751. The van der Waals surface area contributed by atoms with Crippen molar-refractivity contribution < 1.29 is 21.9 Å². The lowest BCUT2D eigenvalue weighted by Gasteiger charge is -2.41. The molecule has 0 aromatic rings. The third-order valence-corrected chi connectivity index (χ3v) is 4.38. The molecule has 1 aliphatic heterocycles. The fraction of sp³-hybridized carbons (Fsp3) is 1.00. The van der Waals surface area contributed by atoms with E-state index in [-0.39, 0.29) is 13.1 Å². The molecule has 0 aromatic heterocycles. The van der Waals surface area contributed by atoms with Gasteiger partial charge in [0.2, 0.25) is 0 Å². The van der Waals surface area contributed by atoms with Crippen LogP contribution in [0.2, 0.25) is 0 Å². The number of sulfonamides is 1. The van der Waals surface area contributed by atoms with Gasteiger partial charge >= 0.3 is 5.76 Å². The van der Waals surface area contributed by atoms with Crippen LogP contribution in [0.25, 0.3) is 0 Å². The fourth-order valence-electron chi connectivity index (χ4n) is 1.63. The van der Waals surface area contributed by atoms with Gasteiger partial charge in [0.25, 0.3) is 10.0 Å². The fourth-order valence-corrected chi connectivity index (χ4v) is 3.06. The van der Waals surface area contributed by atoms with Crippen LogP contribution in [-0.4, -0.2) is 48.6 Å².